The molecule has 0 spiro atoms. The number of carbonyl (C=O) groups excluding carboxylic acids is 1. The maximum atomic E-state index is 11.8. The Morgan fingerprint density at radius 1 is 1.53 bits per heavy atom. The number of nitrogen functional groups attached to an aromatic ring is 1. The molecule has 1 aromatic rings. The Morgan fingerprint density at radius 3 is 2.82 bits per heavy atom. The second kappa shape index (κ2) is 6.25. The van der Waals surface area contributed by atoms with Crippen molar-refractivity contribution in [2.24, 2.45) is 0 Å². The van der Waals surface area contributed by atoms with Gasteiger partial charge in [0, 0.05) is 17.8 Å². The number of nitrogens with two attached hydrogens (primary N) is 1. The van der Waals surface area contributed by atoms with Crippen molar-refractivity contribution in [2.75, 3.05) is 12.3 Å². The van der Waals surface area contributed by atoms with E-state index in [1.54, 1.807) is 18.2 Å². The van der Waals surface area contributed by atoms with E-state index in [9.17, 15) is 9.90 Å². The zero-order valence-corrected chi connectivity index (χ0v) is 10.4. The molecule has 0 aromatic heterocycles. The summed E-state index contributed by atoms with van der Waals surface area (Å²) in [7, 11) is 0. The number of aliphatic hydroxyl groups excluding tert-OH is 1. The molecule has 0 fully saturated rings. The molecule has 4 heteroatoms. The summed E-state index contributed by atoms with van der Waals surface area (Å²) in [6, 6.07) is 5.16. The maximum absolute atomic E-state index is 11.8. The maximum Gasteiger partial charge on any atom is 0.251 e. The van der Waals surface area contributed by atoms with Crippen LogP contribution in [0.2, 0.25) is 0 Å². The fourth-order valence-corrected chi connectivity index (χ4v) is 1.68. The number of hydrogen-bond acceptors (Lipinski definition) is 3. The van der Waals surface area contributed by atoms with Crippen molar-refractivity contribution in [3.05, 3.63) is 29.3 Å². The summed E-state index contributed by atoms with van der Waals surface area (Å²) >= 11 is 0. The van der Waals surface area contributed by atoms with Gasteiger partial charge < -0.3 is 16.2 Å². The Morgan fingerprint density at radius 2 is 2.24 bits per heavy atom. The molecule has 0 radical (unpaired) electrons. The lowest BCUT2D eigenvalue weighted by Gasteiger charge is -2.12. The predicted octanol–water partition coefficient (Wildman–Crippen LogP) is 1.47. The summed E-state index contributed by atoms with van der Waals surface area (Å²) in [5, 5.41) is 12.2. The fourth-order valence-electron chi connectivity index (χ4n) is 1.68. The highest BCUT2D eigenvalue weighted by Crippen LogP contribution is 2.12. The molecule has 94 valence electrons. The van der Waals surface area contributed by atoms with E-state index in [1.807, 2.05) is 13.8 Å². The van der Waals surface area contributed by atoms with Gasteiger partial charge in [-0.3, -0.25) is 4.79 Å². The van der Waals surface area contributed by atoms with Crippen molar-refractivity contribution in [1.82, 2.24) is 5.32 Å². The molecule has 0 aliphatic heterocycles. The van der Waals surface area contributed by atoms with Crippen molar-refractivity contribution in [1.29, 1.82) is 0 Å². The van der Waals surface area contributed by atoms with Crippen LogP contribution in [0.3, 0.4) is 0 Å². The van der Waals surface area contributed by atoms with Crippen molar-refractivity contribution in [2.45, 2.75) is 32.8 Å². The molecule has 4 nitrogen and oxygen atoms in total. The monoisotopic (exact) mass is 236 g/mol. The number of rotatable bonds is 5. The number of hydrogen-bond donors (Lipinski definition) is 3. The highest BCUT2D eigenvalue weighted by molar-refractivity contribution is 5.96. The molecule has 1 aromatic carbocycles. The Kier molecular flexibility index (Phi) is 4.97. The van der Waals surface area contributed by atoms with E-state index < -0.39 is 6.10 Å². The number of carbonyl (C=O) groups is 1. The van der Waals surface area contributed by atoms with Crippen LogP contribution in [0.15, 0.2) is 18.2 Å². The number of anilines is 1. The van der Waals surface area contributed by atoms with Gasteiger partial charge in [-0.25, -0.2) is 0 Å². The van der Waals surface area contributed by atoms with Gasteiger partial charge in [-0.05, 0) is 37.1 Å². The van der Waals surface area contributed by atoms with E-state index >= 15 is 0 Å². The fraction of sp³-hybridized carbons (Fsp3) is 0.462. The van der Waals surface area contributed by atoms with Crippen LogP contribution in [0, 0.1) is 6.92 Å². The first-order chi connectivity index (χ1) is 8.04. The minimum atomic E-state index is -0.474. The smallest absolute Gasteiger partial charge is 0.251 e. The van der Waals surface area contributed by atoms with Crippen molar-refractivity contribution >= 4 is 11.6 Å². The van der Waals surface area contributed by atoms with Gasteiger partial charge in [-0.2, -0.15) is 0 Å². The predicted molar refractivity (Wildman–Crippen MR) is 68.8 cm³/mol. The van der Waals surface area contributed by atoms with Gasteiger partial charge >= 0.3 is 0 Å². The average molecular weight is 236 g/mol. The summed E-state index contributed by atoms with van der Waals surface area (Å²) in [6.07, 6.45) is 1.12. The van der Waals surface area contributed by atoms with Gasteiger partial charge in [0.2, 0.25) is 0 Å². The lowest BCUT2D eigenvalue weighted by atomic mass is 10.1. The van der Waals surface area contributed by atoms with E-state index in [1.165, 1.54) is 0 Å². The zero-order chi connectivity index (χ0) is 12.8. The SMILES string of the molecule is CCCC(O)CNC(=O)c1ccc(N)cc1C. The van der Waals surface area contributed by atoms with Crippen LogP contribution < -0.4 is 11.1 Å². The molecule has 1 amide bonds. The quantitative estimate of drug-likeness (QED) is 0.678. The van der Waals surface area contributed by atoms with Crippen LogP contribution >= 0.6 is 0 Å². The molecule has 0 aliphatic carbocycles. The molecule has 1 rings (SSSR count). The Labute approximate surface area is 102 Å². The highest BCUT2D eigenvalue weighted by atomic mass is 16.3. The number of aliphatic hydroxyl groups is 1. The minimum Gasteiger partial charge on any atom is -0.399 e. The van der Waals surface area contributed by atoms with Gasteiger partial charge in [0.25, 0.3) is 5.91 Å². The number of benzene rings is 1. The summed E-state index contributed by atoms with van der Waals surface area (Å²) in [4.78, 5) is 11.8. The number of amides is 1. The Hall–Kier alpha value is -1.55. The van der Waals surface area contributed by atoms with E-state index in [0.29, 0.717) is 17.7 Å². The summed E-state index contributed by atoms with van der Waals surface area (Å²) in [6.45, 7) is 4.12. The molecular weight excluding hydrogens is 216 g/mol. The van der Waals surface area contributed by atoms with Crippen LogP contribution in [0.1, 0.15) is 35.7 Å². The Balaban J connectivity index is 2.58. The van der Waals surface area contributed by atoms with E-state index in [2.05, 4.69) is 5.32 Å². The molecule has 1 unspecified atom stereocenters. The molecular formula is C13H20N2O2. The molecule has 0 saturated heterocycles. The normalized spacial score (nSPS) is 12.2. The largest absolute Gasteiger partial charge is 0.399 e. The topological polar surface area (TPSA) is 75.3 Å². The van der Waals surface area contributed by atoms with E-state index in [0.717, 1.165) is 12.0 Å². The zero-order valence-electron chi connectivity index (χ0n) is 10.4. The highest BCUT2D eigenvalue weighted by Gasteiger charge is 2.10. The summed E-state index contributed by atoms with van der Waals surface area (Å²) < 4.78 is 0. The standard InChI is InChI=1S/C13H20N2O2/c1-3-4-11(16)8-15-13(17)12-6-5-10(14)7-9(12)2/h5-7,11,16H,3-4,8,14H2,1-2H3,(H,15,17). The van der Waals surface area contributed by atoms with E-state index in [4.69, 9.17) is 5.73 Å². The molecule has 17 heavy (non-hydrogen) atoms. The second-order valence-corrected chi connectivity index (χ2v) is 4.23. The number of nitrogens with one attached hydrogen (secondary N) is 1. The van der Waals surface area contributed by atoms with Crippen LogP contribution in [-0.2, 0) is 0 Å². The molecule has 0 heterocycles. The van der Waals surface area contributed by atoms with Gasteiger partial charge in [0.05, 0.1) is 6.10 Å². The van der Waals surface area contributed by atoms with Crippen LogP contribution in [-0.4, -0.2) is 23.7 Å². The number of aryl methyl sites for hydroxylation is 1. The first kappa shape index (κ1) is 13.5. The first-order valence-corrected chi connectivity index (χ1v) is 5.87. The van der Waals surface area contributed by atoms with E-state index in [-0.39, 0.29) is 12.5 Å². The molecule has 0 bridgehead atoms. The third-order valence-electron chi connectivity index (χ3n) is 2.62. The lowest BCUT2D eigenvalue weighted by molar-refractivity contribution is 0.0909. The molecule has 1 atom stereocenters. The van der Waals surface area contributed by atoms with Crippen molar-refractivity contribution < 1.29 is 9.90 Å². The van der Waals surface area contributed by atoms with Crippen LogP contribution in [0.4, 0.5) is 5.69 Å². The van der Waals surface area contributed by atoms with Gasteiger partial charge in [0.1, 0.15) is 0 Å². The molecule has 0 aliphatic rings. The van der Waals surface area contributed by atoms with Crippen molar-refractivity contribution in [3.8, 4) is 0 Å². The molecule has 4 N–H and O–H groups in total. The Bertz CT molecular complexity index is 391. The van der Waals surface area contributed by atoms with Crippen LogP contribution in [0.5, 0.6) is 0 Å². The lowest BCUT2D eigenvalue weighted by Crippen LogP contribution is -2.32. The summed E-state index contributed by atoms with van der Waals surface area (Å²) in [5.74, 6) is -0.169. The average Bonchev–Trinajstić information content (AvgIpc) is 2.26. The molecule has 0 saturated carbocycles. The summed E-state index contributed by atoms with van der Waals surface area (Å²) in [5.41, 5.74) is 7.70. The first-order valence-electron chi connectivity index (χ1n) is 5.87. The van der Waals surface area contributed by atoms with Crippen molar-refractivity contribution in [3.63, 3.8) is 0 Å². The van der Waals surface area contributed by atoms with Gasteiger partial charge in [-0.15, -0.1) is 0 Å². The minimum absolute atomic E-state index is 0.169. The third kappa shape index (κ3) is 4.07. The second-order valence-electron chi connectivity index (χ2n) is 4.23. The van der Waals surface area contributed by atoms with Crippen LogP contribution in [0.25, 0.3) is 0 Å². The van der Waals surface area contributed by atoms with Gasteiger partial charge in [-0.1, -0.05) is 13.3 Å². The van der Waals surface area contributed by atoms with Gasteiger partial charge in [0.15, 0.2) is 0 Å². The third-order valence-corrected chi connectivity index (χ3v) is 2.62.